The summed E-state index contributed by atoms with van der Waals surface area (Å²) in [5, 5.41) is 9.75. The Labute approximate surface area is 267 Å². The Morgan fingerprint density at radius 1 is 1.04 bits per heavy atom. The van der Waals surface area contributed by atoms with Crippen molar-refractivity contribution in [3.05, 3.63) is 78.2 Å². The zero-order chi connectivity index (χ0) is 34.8. The number of nitrogens with zero attached hydrogens (tertiary/aromatic N) is 6. The lowest BCUT2D eigenvalue weighted by atomic mass is 10.0. The monoisotopic (exact) mass is 681 g/mol. The molecular formula is C30H26F7N7O4. The van der Waals surface area contributed by atoms with Gasteiger partial charge in [-0.25, -0.2) is 9.37 Å². The van der Waals surface area contributed by atoms with E-state index in [9.17, 15) is 40.3 Å². The normalized spacial score (nSPS) is 15.7. The van der Waals surface area contributed by atoms with Gasteiger partial charge in [0.05, 0.1) is 29.3 Å². The van der Waals surface area contributed by atoms with Gasteiger partial charge in [-0.3, -0.25) is 14.5 Å². The summed E-state index contributed by atoms with van der Waals surface area (Å²) in [4.78, 5) is 32.5. The predicted molar refractivity (Wildman–Crippen MR) is 156 cm³/mol. The molecule has 2 aromatic heterocycles. The number of amides is 2. The largest absolute Gasteiger partial charge is 0.471 e. The van der Waals surface area contributed by atoms with E-state index in [1.807, 2.05) is 0 Å². The summed E-state index contributed by atoms with van der Waals surface area (Å²) < 4.78 is 109. The molecule has 0 spiro atoms. The van der Waals surface area contributed by atoms with Crippen molar-refractivity contribution >= 4 is 23.2 Å². The van der Waals surface area contributed by atoms with E-state index in [0.29, 0.717) is 10.5 Å². The number of hydrogen-bond donors (Lipinski definition) is 1. The molecular weight excluding hydrogens is 655 g/mol. The van der Waals surface area contributed by atoms with Crippen molar-refractivity contribution in [1.29, 1.82) is 0 Å². The number of ether oxygens (including phenoxy) is 1. The lowest BCUT2D eigenvalue weighted by Crippen LogP contribution is -2.57. The average Bonchev–Trinajstić information content (AvgIpc) is 3.53. The van der Waals surface area contributed by atoms with Crippen molar-refractivity contribution in [3.63, 3.8) is 0 Å². The van der Waals surface area contributed by atoms with Gasteiger partial charge >= 0.3 is 18.3 Å². The van der Waals surface area contributed by atoms with E-state index in [4.69, 9.17) is 9.15 Å². The molecule has 3 heterocycles. The smallest absolute Gasteiger partial charge is 0.454 e. The van der Waals surface area contributed by atoms with Crippen molar-refractivity contribution in [2.75, 3.05) is 50.5 Å². The summed E-state index contributed by atoms with van der Waals surface area (Å²) >= 11 is 0. The molecule has 11 nitrogen and oxygen atoms in total. The number of benzene rings is 2. The van der Waals surface area contributed by atoms with Crippen LogP contribution in [-0.4, -0.2) is 89.3 Å². The summed E-state index contributed by atoms with van der Waals surface area (Å²) in [5.74, 6) is -5.33. The number of likely N-dealkylation sites (N-methyl/N-ethyl adjacent to an activating group) is 2. The number of anilines is 2. The molecule has 1 atom stereocenters. The highest BCUT2D eigenvalue weighted by atomic mass is 19.4. The molecule has 1 aliphatic rings. The lowest BCUT2D eigenvalue weighted by molar-refractivity contribution is -0.184. The average molecular weight is 682 g/mol. The molecule has 0 radical (unpaired) electrons. The van der Waals surface area contributed by atoms with Gasteiger partial charge in [-0.15, -0.1) is 0 Å². The number of hydrogen-bond acceptors (Lipinski definition) is 9. The van der Waals surface area contributed by atoms with Crippen LogP contribution in [0.4, 0.5) is 42.1 Å². The molecule has 5 rings (SSSR count). The summed E-state index contributed by atoms with van der Waals surface area (Å²) in [7, 11) is 2.49. The summed E-state index contributed by atoms with van der Waals surface area (Å²) in [5.41, 5.74) is -2.25. The first-order valence-electron chi connectivity index (χ1n) is 14.1. The molecule has 2 amide bonds. The predicted octanol–water partition coefficient (Wildman–Crippen LogP) is 5.48. The molecule has 0 aliphatic carbocycles. The Morgan fingerprint density at radius 3 is 2.46 bits per heavy atom. The van der Waals surface area contributed by atoms with Crippen LogP contribution < -0.4 is 15.0 Å². The Morgan fingerprint density at radius 2 is 1.79 bits per heavy atom. The van der Waals surface area contributed by atoms with Gasteiger partial charge in [0.2, 0.25) is 5.89 Å². The summed E-state index contributed by atoms with van der Waals surface area (Å²) in [6.07, 6.45) is -6.64. The Bertz CT molecular complexity index is 1780. The number of nitrogens with one attached hydrogen (secondary N) is 1. The zero-order valence-corrected chi connectivity index (χ0v) is 25.1. The third-order valence-corrected chi connectivity index (χ3v) is 7.46. The maximum Gasteiger partial charge on any atom is 0.471 e. The van der Waals surface area contributed by atoms with Gasteiger partial charge in [0.15, 0.2) is 17.3 Å². The fourth-order valence-corrected chi connectivity index (χ4v) is 5.08. The zero-order valence-electron chi connectivity index (χ0n) is 25.1. The Kier molecular flexibility index (Phi) is 9.56. The van der Waals surface area contributed by atoms with Crippen LogP contribution in [-0.2, 0) is 11.0 Å². The minimum absolute atomic E-state index is 0.0145. The second kappa shape index (κ2) is 13.5. The molecule has 0 unspecified atom stereocenters. The number of carbonyl (C=O) groups excluding carboxylic acids is 2. The van der Waals surface area contributed by atoms with Crippen molar-refractivity contribution in [2.45, 2.75) is 18.4 Å². The van der Waals surface area contributed by atoms with Gasteiger partial charge in [0.1, 0.15) is 17.6 Å². The lowest BCUT2D eigenvalue weighted by Gasteiger charge is -2.43. The fourth-order valence-electron chi connectivity index (χ4n) is 5.08. The van der Waals surface area contributed by atoms with E-state index < -0.39 is 65.3 Å². The highest BCUT2D eigenvalue weighted by Crippen LogP contribution is 2.48. The van der Waals surface area contributed by atoms with E-state index in [1.165, 1.54) is 35.5 Å². The van der Waals surface area contributed by atoms with Crippen LogP contribution in [0.15, 0.2) is 65.5 Å². The van der Waals surface area contributed by atoms with Crippen molar-refractivity contribution in [3.8, 4) is 23.0 Å². The molecule has 4 aromatic rings. The number of carbonyl (C=O) groups is 2. The van der Waals surface area contributed by atoms with Crippen LogP contribution in [0.3, 0.4) is 0 Å². The van der Waals surface area contributed by atoms with Gasteiger partial charge in [-0.2, -0.15) is 36.5 Å². The molecule has 2 aromatic carbocycles. The number of alkyl halides is 6. The number of aromatic nitrogens is 3. The topological polar surface area (TPSA) is 117 Å². The van der Waals surface area contributed by atoms with Gasteiger partial charge in [-0.05, 0) is 37.4 Å². The second-order valence-corrected chi connectivity index (χ2v) is 10.8. The summed E-state index contributed by atoms with van der Waals surface area (Å²) in [6.45, 7) is -0.799. The molecule has 1 saturated heterocycles. The van der Waals surface area contributed by atoms with Crippen molar-refractivity contribution < 1.29 is 49.5 Å². The van der Waals surface area contributed by atoms with Gasteiger partial charge in [0.25, 0.3) is 5.91 Å². The molecule has 48 heavy (non-hydrogen) atoms. The van der Waals surface area contributed by atoms with E-state index in [2.05, 4.69) is 20.5 Å². The molecule has 1 aliphatic heterocycles. The van der Waals surface area contributed by atoms with Crippen LogP contribution in [0.2, 0.25) is 0 Å². The molecule has 18 heteroatoms. The maximum absolute atomic E-state index is 15.0. The first-order valence-corrected chi connectivity index (χ1v) is 14.1. The SMILES string of the molecule is CN(C[C@H]1CN(c2c(NC(=O)c3coc(-c4ccnnc4)n3)ccc(Oc3ccccc3F)c2C(F)(F)F)CCN1C)C(=O)C(F)(F)F. The standard InChI is InChI=1S/C30H26F7N7O4/c1-42-11-12-44(15-18(42)14-43(2)28(46)30(35,36)37)25-20(40-26(45)21-16-47-27(41-21)17-9-10-38-39-13-17)7-8-23(24(25)29(32,33)34)48-22-6-4-3-5-19(22)31/h3-10,13,16,18H,11-12,14-15H2,1-2H3,(H,40,45)/t18-/m0/s1. The fraction of sp³-hybridized carbons (Fsp3) is 0.300. The molecule has 1 N–H and O–H groups in total. The van der Waals surface area contributed by atoms with Crippen LogP contribution in [0.1, 0.15) is 16.1 Å². The third-order valence-electron chi connectivity index (χ3n) is 7.46. The van der Waals surface area contributed by atoms with E-state index in [0.717, 1.165) is 37.6 Å². The first kappa shape index (κ1) is 34.1. The minimum Gasteiger partial charge on any atom is -0.454 e. The highest BCUT2D eigenvalue weighted by Gasteiger charge is 2.44. The first-order chi connectivity index (χ1) is 22.6. The molecule has 1 fully saturated rings. The Hall–Kier alpha value is -5.26. The summed E-state index contributed by atoms with van der Waals surface area (Å²) in [6, 6.07) is 7.48. The van der Waals surface area contributed by atoms with Crippen LogP contribution in [0, 0.1) is 5.82 Å². The minimum atomic E-state index is -5.16. The maximum atomic E-state index is 15.0. The number of rotatable bonds is 8. The van der Waals surface area contributed by atoms with Crippen molar-refractivity contribution in [2.24, 2.45) is 0 Å². The van der Waals surface area contributed by atoms with E-state index >= 15 is 0 Å². The van der Waals surface area contributed by atoms with E-state index in [-0.39, 0.29) is 36.9 Å². The Balaban J connectivity index is 1.55. The molecule has 0 bridgehead atoms. The highest BCUT2D eigenvalue weighted by molar-refractivity contribution is 6.05. The number of piperazine rings is 1. The number of para-hydroxylation sites is 1. The number of halogens is 7. The van der Waals surface area contributed by atoms with E-state index in [1.54, 1.807) is 11.9 Å². The van der Waals surface area contributed by atoms with Crippen LogP contribution >= 0.6 is 0 Å². The van der Waals surface area contributed by atoms with Gasteiger partial charge in [-0.1, -0.05) is 12.1 Å². The van der Waals surface area contributed by atoms with Crippen LogP contribution in [0.5, 0.6) is 11.5 Å². The second-order valence-electron chi connectivity index (χ2n) is 10.8. The van der Waals surface area contributed by atoms with Gasteiger partial charge in [0, 0.05) is 39.3 Å². The van der Waals surface area contributed by atoms with Crippen molar-refractivity contribution in [1.82, 2.24) is 25.0 Å². The third kappa shape index (κ3) is 7.48. The molecule has 254 valence electrons. The van der Waals surface area contributed by atoms with Gasteiger partial charge < -0.3 is 24.3 Å². The number of oxazole rings is 1. The molecule has 0 saturated carbocycles. The quantitative estimate of drug-likeness (QED) is 0.242. The van der Waals surface area contributed by atoms with Crippen LogP contribution in [0.25, 0.3) is 11.5 Å².